The minimum Gasteiger partial charge on any atom is -0.497 e. The highest BCUT2D eigenvalue weighted by molar-refractivity contribution is 5.98. The molecule has 0 N–H and O–H groups in total. The van der Waals surface area contributed by atoms with Crippen molar-refractivity contribution in [2.75, 3.05) is 25.2 Å². The summed E-state index contributed by atoms with van der Waals surface area (Å²) in [4.78, 5) is 20.1. The maximum atomic E-state index is 13.1. The van der Waals surface area contributed by atoms with Crippen LogP contribution in [0.15, 0.2) is 66.7 Å². The van der Waals surface area contributed by atoms with Crippen molar-refractivity contribution in [1.82, 2.24) is 9.55 Å². The van der Waals surface area contributed by atoms with Crippen LogP contribution >= 0.6 is 0 Å². The van der Waals surface area contributed by atoms with E-state index in [-0.39, 0.29) is 11.8 Å². The Morgan fingerprint density at radius 3 is 2.50 bits per heavy atom. The van der Waals surface area contributed by atoms with E-state index in [1.54, 1.807) is 7.11 Å². The molecule has 186 valence electrons. The predicted molar refractivity (Wildman–Crippen MR) is 143 cm³/mol. The van der Waals surface area contributed by atoms with Crippen molar-refractivity contribution in [3.8, 4) is 11.5 Å². The standard InChI is InChI=1S/C30H33N3O3/c1-21-10-8-11-22(2)29(21)33-20-23(18-28(33)34)30-31-26-14-4-5-15-27(26)32(30)16-6-7-17-36-25-13-9-12-24(19-25)35-3/h4-5,8-15,19,23H,6-7,16-18,20H2,1-3H3. The molecule has 3 aromatic carbocycles. The Labute approximate surface area is 212 Å². The first-order valence-electron chi connectivity index (χ1n) is 12.6. The molecule has 36 heavy (non-hydrogen) atoms. The molecule has 0 aliphatic carbocycles. The molecule has 5 rings (SSSR count). The molecule has 1 atom stereocenters. The molecule has 0 spiro atoms. The second-order valence-electron chi connectivity index (χ2n) is 9.49. The van der Waals surface area contributed by atoms with Gasteiger partial charge in [0.15, 0.2) is 0 Å². The lowest BCUT2D eigenvalue weighted by Crippen LogP contribution is -2.26. The summed E-state index contributed by atoms with van der Waals surface area (Å²) in [5, 5.41) is 0. The van der Waals surface area contributed by atoms with Gasteiger partial charge in [-0.05, 0) is 62.1 Å². The number of anilines is 1. The molecule has 1 saturated heterocycles. The van der Waals surface area contributed by atoms with Gasteiger partial charge in [-0.1, -0.05) is 36.4 Å². The van der Waals surface area contributed by atoms with Gasteiger partial charge in [-0.15, -0.1) is 0 Å². The Kier molecular flexibility index (Phi) is 6.94. The molecule has 2 heterocycles. The third-order valence-electron chi connectivity index (χ3n) is 6.97. The lowest BCUT2D eigenvalue weighted by molar-refractivity contribution is -0.117. The van der Waals surface area contributed by atoms with E-state index in [2.05, 4.69) is 48.7 Å². The van der Waals surface area contributed by atoms with Gasteiger partial charge < -0.3 is 18.9 Å². The summed E-state index contributed by atoms with van der Waals surface area (Å²) >= 11 is 0. The lowest BCUT2D eigenvalue weighted by Gasteiger charge is -2.21. The number of rotatable bonds is 9. The van der Waals surface area contributed by atoms with Gasteiger partial charge in [0.1, 0.15) is 17.3 Å². The second kappa shape index (κ2) is 10.4. The van der Waals surface area contributed by atoms with Crippen LogP contribution in [0.5, 0.6) is 11.5 Å². The van der Waals surface area contributed by atoms with Gasteiger partial charge in [-0.2, -0.15) is 0 Å². The number of hydrogen-bond acceptors (Lipinski definition) is 4. The van der Waals surface area contributed by atoms with Crippen molar-refractivity contribution in [1.29, 1.82) is 0 Å². The largest absolute Gasteiger partial charge is 0.497 e. The van der Waals surface area contributed by atoms with E-state index in [1.807, 2.05) is 41.3 Å². The Balaban J connectivity index is 1.30. The minimum atomic E-state index is 0.0666. The molecule has 6 nitrogen and oxygen atoms in total. The zero-order valence-electron chi connectivity index (χ0n) is 21.2. The molecule has 1 aliphatic heterocycles. The molecule has 1 unspecified atom stereocenters. The summed E-state index contributed by atoms with van der Waals surface area (Å²) in [5.41, 5.74) is 5.42. The number of carbonyl (C=O) groups is 1. The number of imidazole rings is 1. The highest BCUT2D eigenvalue weighted by Crippen LogP contribution is 2.36. The summed E-state index contributed by atoms with van der Waals surface area (Å²) in [6.45, 7) is 6.28. The topological polar surface area (TPSA) is 56.6 Å². The molecule has 1 aromatic heterocycles. The van der Waals surface area contributed by atoms with Gasteiger partial charge in [-0.3, -0.25) is 4.79 Å². The van der Waals surface area contributed by atoms with Crippen LogP contribution in [0.3, 0.4) is 0 Å². The fourth-order valence-corrected chi connectivity index (χ4v) is 5.22. The number of methoxy groups -OCH3 is 1. The second-order valence-corrected chi connectivity index (χ2v) is 9.49. The number of benzene rings is 3. The molecule has 6 heteroatoms. The van der Waals surface area contributed by atoms with Crippen molar-refractivity contribution in [3.63, 3.8) is 0 Å². The van der Waals surface area contributed by atoms with Crippen molar-refractivity contribution in [2.24, 2.45) is 0 Å². The van der Waals surface area contributed by atoms with Gasteiger partial charge in [0.05, 0.1) is 24.8 Å². The quantitative estimate of drug-likeness (QED) is 0.272. The first-order chi connectivity index (χ1) is 17.5. The Morgan fingerprint density at radius 1 is 0.944 bits per heavy atom. The monoisotopic (exact) mass is 483 g/mol. The SMILES string of the molecule is COc1cccc(OCCCCn2c(C3CC(=O)N(c4c(C)cccc4C)C3)nc3ccccc32)c1. The molecule has 1 amide bonds. The van der Waals surface area contributed by atoms with Crippen LogP contribution in [0, 0.1) is 13.8 Å². The van der Waals surface area contributed by atoms with Crippen LogP contribution in [0.4, 0.5) is 5.69 Å². The fourth-order valence-electron chi connectivity index (χ4n) is 5.22. The predicted octanol–water partition coefficient (Wildman–Crippen LogP) is 6.04. The minimum absolute atomic E-state index is 0.0666. The van der Waals surface area contributed by atoms with E-state index >= 15 is 0 Å². The number of fused-ring (bicyclic) bond motifs is 1. The Bertz CT molecular complexity index is 1360. The summed E-state index contributed by atoms with van der Waals surface area (Å²) < 4.78 is 13.5. The van der Waals surface area contributed by atoms with E-state index < -0.39 is 0 Å². The van der Waals surface area contributed by atoms with Gasteiger partial charge in [0, 0.05) is 37.2 Å². The van der Waals surface area contributed by atoms with Crippen LogP contribution in [-0.2, 0) is 11.3 Å². The number of ether oxygens (including phenoxy) is 2. The fraction of sp³-hybridized carbons (Fsp3) is 0.333. The van der Waals surface area contributed by atoms with Gasteiger partial charge in [0.25, 0.3) is 0 Å². The van der Waals surface area contributed by atoms with Crippen molar-refractivity contribution in [3.05, 3.63) is 83.7 Å². The molecular formula is C30H33N3O3. The molecule has 0 saturated carbocycles. The summed E-state index contributed by atoms with van der Waals surface area (Å²) in [6, 6.07) is 22.1. The number of carbonyl (C=O) groups excluding carboxylic acids is 1. The van der Waals surface area contributed by atoms with Gasteiger partial charge >= 0.3 is 0 Å². The van der Waals surface area contributed by atoms with Crippen molar-refractivity contribution in [2.45, 2.75) is 45.6 Å². The van der Waals surface area contributed by atoms with Crippen LogP contribution in [0.2, 0.25) is 0 Å². The number of amides is 1. The number of para-hydroxylation sites is 3. The van der Waals surface area contributed by atoms with Crippen molar-refractivity contribution >= 4 is 22.6 Å². The van der Waals surface area contributed by atoms with E-state index in [0.717, 1.165) is 64.6 Å². The van der Waals surface area contributed by atoms with E-state index in [4.69, 9.17) is 14.5 Å². The maximum Gasteiger partial charge on any atom is 0.227 e. The molecule has 0 radical (unpaired) electrons. The molecule has 1 aliphatic rings. The molecule has 4 aromatic rings. The van der Waals surface area contributed by atoms with Gasteiger partial charge in [-0.25, -0.2) is 4.98 Å². The third kappa shape index (κ3) is 4.81. The zero-order valence-corrected chi connectivity index (χ0v) is 21.2. The van der Waals surface area contributed by atoms with Gasteiger partial charge in [0.2, 0.25) is 5.91 Å². The third-order valence-corrected chi connectivity index (χ3v) is 6.97. The summed E-state index contributed by atoms with van der Waals surface area (Å²) in [7, 11) is 1.66. The van der Waals surface area contributed by atoms with Crippen LogP contribution in [0.1, 0.15) is 42.1 Å². The summed E-state index contributed by atoms with van der Waals surface area (Å²) in [5.74, 6) is 2.86. The summed E-state index contributed by atoms with van der Waals surface area (Å²) in [6.07, 6.45) is 2.36. The normalized spacial score (nSPS) is 15.6. The van der Waals surface area contributed by atoms with E-state index in [9.17, 15) is 4.79 Å². The number of aryl methyl sites for hydroxylation is 3. The molecule has 1 fully saturated rings. The average Bonchev–Trinajstić information content (AvgIpc) is 3.44. The maximum absolute atomic E-state index is 13.1. The highest BCUT2D eigenvalue weighted by atomic mass is 16.5. The zero-order chi connectivity index (χ0) is 25.1. The first-order valence-corrected chi connectivity index (χ1v) is 12.6. The van der Waals surface area contributed by atoms with E-state index in [0.29, 0.717) is 19.6 Å². The van der Waals surface area contributed by atoms with Crippen LogP contribution in [0.25, 0.3) is 11.0 Å². The Hall–Kier alpha value is -3.80. The van der Waals surface area contributed by atoms with E-state index in [1.165, 1.54) is 0 Å². The molecular weight excluding hydrogens is 450 g/mol. The van der Waals surface area contributed by atoms with Crippen LogP contribution < -0.4 is 14.4 Å². The Morgan fingerprint density at radius 2 is 1.69 bits per heavy atom. The average molecular weight is 484 g/mol. The van der Waals surface area contributed by atoms with Crippen molar-refractivity contribution < 1.29 is 14.3 Å². The van der Waals surface area contributed by atoms with Crippen LogP contribution in [-0.4, -0.2) is 35.7 Å². The number of nitrogens with zero attached hydrogens (tertiary/aromatic N) is 3. The number of hydrogen-bond donors (Lipinski definition) is 0. The number of unbranched alkanes of at least 4 members (excludes halogenated alkanes) is 1. The highest BCUT2D eigenvalue weighted by Gasteiger charge is 2.35. The number of aromatic nitrogens is 2. The molecule has 0 bridgehead atoms. The first kappa shape index (κ1) is 23.9. The smallest absolute Gasteiger partial charge is 0.227 e. The lowest BCUT2D eigenvalue weighted by atomic mass is 10.1.